The summed E-state index contributed by atoms with van der Waals surface area (Å²) >= 11 is 0. The molecule has 2 heterocycles. The number of fused-ring (bicyclic) bond motifs is 1. The molecular weight excluding hydrogens is 378 g/mol. The van der Waals surface area contributed by atoms with Crippen molar-refractivity contribution in [1.29, 1.82) is 0 Å². The van der Waals surface area contributed by atoms with Crippen LogP contribution in [0.5, 0.6) is 5.75 Å². The Morgan fingerprint density at radius 2 is 1.90 bits per heavy atom. The number of hydrogen-bond acceptors (Lipinski definition) is 4. The zero-order chi connectivity index (χ0) is 21.4. The van der Waals surface area contributed by atoms with Gasteiger partial charge in [0.2, 0.25) is 0 Å². The first kappa shape index (κ1) is 20.2. The lowest BCUT2D eigenvalue weighted by Gasteiger charge is -2.26. The topological polar surface area (TPSA) is 89.5 Å². The number of rotatable bonds is 6. The summed E-state index contributed by atoms with van der Waals surface area (Å²) < 4.78 is 0. The summed E-state index contributed by atoms with van der Waals surface area (Å²) in [6, 6.07) is 11.7. The lowest BCUT2D eigenvalue weighted by molar-refractivity contribution is 0.0732. The minimum Gasteiger partial charge on any atom is -0.507 e. The average Bonchev–Trinajstić information content (AvgIpc) is 3.25. The molecule has 4 rings (SSSR count). The molecule has 1 aromatic heterocycles. The molecule has 3 N–H and O–H groups in total. The Labute approximate surface area is 176 Å². The quantitative estimate of drug-likeness (QED) is 0.580. The molecule has 3 aromatic rings. The second-order valence-electron chi connectivity index (χ2n) is 7.91. The van der Waals surface area contributed by atoms with Crippen LogP contribution in [0.3, 0.4) is 0 Å². The molecule has 2 aromatic carbocycles. The van der Waals surface area contributed by atoms with E-state index in [4.69, 9.17) is 0 Å². The Bertz CT molecular complexity index is 1060. The van der Waals surface area contributed by atoms with Gasteiger partial charge in [0, 0.05) is 24.3 Å². The zero-order valence-corrected chi connectivity index (χ0v) is 17.6. The Balaban J connectivity index is 1.89. The molecule has 1 aliphatic heterocycles. The van der Waals surface area contributed by atoms with Crippen molar-refractivity contribution in [2.24, 2.45) is 0 Å². The summed E-state index contributed by atoms with van der Waals surface area (Å²) in [6.07, 6.45) is 1.44. The number of nitrogens with one attached hydrogen (secondary N) is 1. The second kappa shape index (κ2) is 7.95. The van der Waals surface area contributed by atoms with Gasteiger partial charge < -0.3 is 15.1 Å². The Kier molecular flexibility index (Phi) is 5.35. The van der Waals surface area contributed by atoms with Gasteiger partial charge in [-0.3, -0.25) is 9.89 Å². The molecule has 30 heavy (non-hydrogen) atoms. The van der Waals surface area contributed by atoms with Gasteiger partial charge in [0.15, 0.2) is 0 Å². The third kappa shape index (κ3) is 3.27. The second-order valence-corrected chi connectivity index (χ2v) is 7.91. The molecule has 1 amide bonds. The van der Waals surface area contributed by atoms with Gasteiger partial charge in [-0.1, -0.05) is 37.3 Å². The number of phenols is 1. The van der Waals surface area contributed by atoms with Gasteiger partial charge in [-0.15, -0.1) is 0 Å². The molecular formula is C24H27N3O3. The third-order valence-corrected chi connectivity index (χ3v) is 5.82. The van der Waals surface area contributed by atoms with Crippen molar-refractivity contribution in [1.82, 2.24) is 15.1 Å². The highest BCUT2D eigenvalue weighted by Crippen LogP contribution is 2.45. The van der Waals surface area contributed by atoms with E-state index in [0.29, 0.717) is 29.9 Å². The minimum atomic E-state index is -0.321. The van der Waals surface area contributed by atoms with Crippen molar-refractivity contribution in [3.8, 4) is 17.0 Å². The number of carbonyl (C=O) groups excluding carboxylic acids is 1. The number of aliphatic hydroxyl groups excluding tert-OH is 1. The lowest BCUT2D eigenvalue weighted by atomic mass is 9.92. The van der Waals surface area contributed by atoms with Crippen LogP contribution in [-0.2, 0) is 6.42 Å². The molecule has 0 radical (unpaired) electrons. The van der Waals surface area contributed by atoms with Crippen LogP contribution in [-0.4, -0.2) is 44.4 Å². The van der Waals surface area contributed by atoms with Crippen LogP contribution in [0.15, 0.2) is 36.4 Å². The van der Waals surface area contributed by atoms with Gasteiger partial charge in [-0.05, 0) is 55.0 Å². The van der Waals surface area contributed by atoms with Crippen LogP contribution in [0.1, 0.15) is 57.7 Å². The van der Waals surface area contributed by atoms with Gasteiger partial charge in [-0.2, -0.15) is 5.10 Å². The van der Waals surface area contributed by atoms with Crippen LogP contribution < -0.4 is 0 Å². The highest BCUT2D eigenvalue weighted by atomic mass is 16.3. The van der Waals surface area contributed by atoms with Gasteiger partial charge in [0.1, 0.15) is 17.1 Å². The van der Waals surface area contributed by atoms with E-state index < -0.39 is 0 Å². The number of amides is 1. The van der Waals surface area contributed by atoms with E-state index in [-0.39, 0.29) is 24.3 Å². The van der Waals surface area contributed by atoms with Crippen LogP contribution in [0, 0.1) is 13.8 Å². The number of carbonyl (C=O) groups is 1. The van der Waals surface area contributed by atoms with Crippen molar-refractivity contribution in [2.75, 3.05) is 13.2 Å². The fourth-order valence-corrected chi connectivity index (χ4v) is 4.39. The lowest BCUT2D eigenvalue weighted by Crippen LogP contribution is -2.31. The van der Waals surface area contributed by atoms with Crippen LogP contribution in [0.25, 0.3) is 11.3 Å². The maximum absolute atomic E-state index is 13.2. The van der Waals surface area contributed by atoms with Crippen molar-refractivity contribution in [3.63, 3.8) is 0 Å². The summed E-state index contributed by atoms with van der Waals surface area (Å²) in [7, 11) is 0. The van der Waals surface area contributed by atoms with E-state index in [0.717, 1.165) is 28.7 Å². The Hall–Kier alpha value is -3.12. The maximum Gasteiger partial charge on any atom is 0.273 e. The number of aryl methyl sites for hydroxylation is 3. The number of aromatic amines is 1. The monoisotopic (exact) mass is 405 g/mol. The molecule has 1 atom stereocenters. The highest BCUT2D eigenvalue weighted by molar-refractivity contribution is 6.00. The average molecular weight is 405 g/mol. The van der Waals surface area contributed by atoms with E-state index in [1.807, 2.05) is 19.9 Å². The summed E-state index contributed by atoms with van der Waals surface area (Å²) in [5, 5.41) is 27.4. The van der Waals surface area contributed by atoms with E-state index in [1.165, 1.54) is 5.56 Å². The van der Waals surface area contributed by atoms with E-state index in [2.05, 4.69) is 41.4 Å². The van der Waals surface area contributed by atoms with Crippen LogP contribution >= 0.6 is 0 Å². The van der Waals surface area contributed by atoms with Crippen molar-refractivity contribution < 1.29 is 15.0 Å². The van der Waals surface area contributed by atoms with Gasteiger partial charge in [0.05, 0.1) is 6.04 Å². The number of aromatic nitrogens is 2. The molecule has 1 unspecified atom stereocenters. The smallest absolute Gasteiger partial charge is 0.273 e. The first-order valence-electron chi connectivity index (χ1n) is 10.4. The Morgan fingerprint density at radius 3 is 2.53 bits per heavy atom. The summed E-state index contributed by atoms with van der Waals surface area (Å²) in [5.74, 6) is 0.0224. The molecule has 0 aliphatic carbocycles. The number of benzene rings is 2. The number of aromatic hydroxyl groups is 1. The fourth-order valence-electron chi connectivity index (χ4n) is 4.39. The van der Waals surface area contributed by atoms with Gasteiger partial charge >= 0.3 is 0 Å². The van der Waals surface area contributed by atoms with E-state index >= 15 is 0 Å². The number of phenolic OH excluding ortho intramolecular Hbond substituents is 1. The normalized spacial score (nSPS) is 15.7. The molecule has 0 bridgehead atoms. The number of hydrogen-bond donors (Lipinski definition) is 3. The van der Waals surface area contributed by atoms with E-state index in [9.17, 15) is 15.0 Å². The SMILES string of the molecule is CCc1ccc(C2c3c(-c4c(C)cc(C)cc4O)n[nH]c3C(=O)N2CCCO)cc1. The van der Waals surface area contributed by atoms with Crippen molar-refractivity contribution >= 4 is 5.91 Å². The first-order valence-corrected chi connectivity index (χ1v) is 10.4. The van der Waals surface area contributed by atoms with Crippen molar-refractivity contribution in [3.05, 3.63) is 69.9 Å². The predicted octanol–water partition coefficient (Wildman–Crippen LogP) is 3.89. The molecule has 0 spiro atoms. The summed E-state index contributed by atoms with van der Waals surface area (Å²) in [6.45, 7) is 6.44. The van der Waals surface area contributed by atoms with E-state index in [1.54, 1.807) is 11.0 Å². The minimum absolute atomic E-state index is 0.0160. The van der Waals surface area contributed by atoms with Gasteiger partial charge in [0.25, 0.3) is 5.91 Å². The van der Waals surface area contributed by atoms with Crippen molar-refractivity contribution in [2.45, 2.75) is 39.7 Å². The standard InChI is InChI=1S/C24H27N3O3/c1-4-16-6-8-17(9-7-16)23-20-21(19-15(3)12-14(2)13-18(19)29)25-26-22(20)24(30)27(23)10-5-11-28/h6-9,12-13,23,28-29H,4-5,10-11H2,1-3H3,(H,25,26). The molecule has 0 saturated carbocycles. The zero-order valence-electron chi connectivity index (χ0n) is 17.6. The van der Waals surface area contributed by atoms with Crippen LogP contribution in [0.4, 0.5) is 0 Å². The predicted molar refractivity (Wildman–Crippen MR) is 116 cm³/mol. The maximum atomic E-state index is 13.2. The number of aliphatic hydroxyl groups is 1. The number of nitrogens with zero attached hydrogens (tertiary/aromatic N) is 2. The molecule has 156 valence electrons. The molecule has 0 saturated heterocycles. The molecule has 6 nitrogen and oxygen atoms in total. The largest absolute Gasteiger partial charge is 0.507 e. The molecule has 6 heteroatoms. The number of H-pyrrole nitrogens is 1. The third-order valence-electron chi connectivity index (χ3n) is 5.82. The van der Waals surface area contributed by atoms with Crippen LogP contribution in [0.2, 0.25) is 0 Å². The first-order chi connectivity index (χ1) is 14.5. The Morgan fingerprint density at radius 1 is 1.17 bits per heavy atom. The highest BCUT2D eigenvalue weighted by Gasteiger charge is 2.42. The summed E-state index contributed by atoms with van der Waals surface area (Å²) in [4.78, 5) is 15.0. The summed E-state index contributed by atoms with van der Waals surface area (Å²) in [5.41, 5.74) is 6.57. The molecule has 0 fully saturated rings. The van der Waals surface area contributed by atoms with Gasteiger partial charge in [-0.25, -0.2) is 0 Å². The molecule has 1 aliphatic rings. The fraction of sp³-hybridized carbons (Fsp3) is 0.333.